The number of hydrogen-bond acceptors (Lipinski definition) is 4. The van der Waals surface area contributed by atoms with Crippen LogP contribution >= 0.6 is 11.3 Å². The largest absolute Gasteiger partial charge is 0.395 e. The van der Waals surface area contributed by atoms with E-state index in [1.807, 2.05) is 0 Å². The van der Waals surface area contributed by atoms with Crippen LogP contribution in [0, 0.1) is 11.8 Å². The maximum atomic E-state index is 12.0. The second-order valence-electron chi connectivity index (χ2n) is 4.21. The summed E-state index contributed by atoms with van der Waals surface area (Å²) in [6, 6.07) is 6.95. The van der Waals surface area contributed by atoms with Crippen molar-refractivity contribution in [2.24, 2.45) is 0 Å². The minimum Gasteiger partial charge on any atom is -0.395 e. The lowest BCUT2D eigenvalue weighted by atomic mass is 10.1. The molecule has 1 aromatic heterocycles. The van der Waals surface area contributed by atoms with Gasteiger partial charge in [-0.1, -0.05) is 29.2 Å². The average Bonchev–Trinajstić information content (AvgIpc) is 2.91. The minimum absolute atomic E-state index is 0.0199. The molecule has 2 rings (SSSR count). The third-order valence-electron chi connectivity index (χ3n) is 2.60. The SMILES string of the molecule is O=C(NCc1csc(=O)[nH]1)c1cccc(C#CCCO)c1. The highest BCUT2D eigenvalue weighted by molar-refractivity contribution is 7.07. The van der Waals surface area contributed by atoms with Crippen molar-refractivity contribution in [2.75, 3.05) is 6.61 Å². The standard InChI is InChI=1S/C15H14N2O3S/c18-7-2-1-4-11-5-3-6-12(8-11)14(19)16-9-13-10-21-15(20)17-13/h3,5-6,8,10,18H,2,7,9H2,(H,16,19)(H,17,20). The van der Waals surface area contributed by atoms with E-state index in [4.69, 9.17) is 5.11 Å². The number of nitrogens with one attached hydrogen (secondary N) is 2. The predicted molar refractivity (Wildman–Crippen MR) is 81.1 cm³/mol. The van der Waals surface area contributed by atoms with Crippen LogP contribution in [0.5, 0.6) is 0 Å². The Bertz CT molecular complexity index is 737. The number of aromatic amines is 1. The first-order valence-electron chi connectivity index (χ1n) is 6.34. The van der Waals surface area contributed by atoms with E-state index < -0.39 is 0 Å². The Morgan fingerprint density at radius 1 is 1.43 bits per heavy atom. The van der Waals surface area contributed by atoms with Crippen LogP contribution in [0.3, 0.4) is 0 Å². The Morgan fingerprint density at radius 2 is 2.29 bits per heavy atom. The molecule has 5 nitrogen and oxygen atoms in total. The third-order valence-corrected chi connectivity index (χ3v) is 3.32. The number of rotatable bonds is 4. The van der Waals surface area contributed by atoms with Gasteiger partial charge in [0.1, 0.15) is 0 Å². The number of amides is 1. The van der Waals surface area contributed by atoms with Gasteiger partial charge in [0, 0.05) is 28.6 Å². The minimum atomic E-state index is -0.229. The lowest BCUT2D eigenvalue weighted by Crippen LogP contribution is -2.23. The van der Waals surface area contributed by atoms with E-state index >= 15 is 0 Å². The summed E-state index contributed by atoms with van der Waals surface area (Å²) in [7, 11) is 0. The van der Waals surface area contributed by atoms with Gasteiger partial charge in [0.05, 0.1) is 13.2 Å². The van der Waals surface area contributed by atoms with Gasteiger partial charge >= 0.3 is 4.87 Å². The van der Waals surface area contributed by atoms with Crippen LogP contribution in [-0.2, 0) is 6.54 Å². The molecule has 6 heteroatoms. The number of aliphatic hydroxyl groups is 1. The molecule has 1 heterocycles. The first kappa shape index (κ1) is 15.0. The van der Waals surface area contributed by atoms with Crippen molar-refractivity contribution in [1.29, 1.82) is 0 Å². The topological polar surface area (TPSA) is 82.2 Å². The number of H-pyrrole nitrogens is 1. The van der Waals surface area contributed by atoms with Crippen molar-refractivity contribution in [3.63, 3.8) is 0 Å². The number of carbonyl (C=O) groups excluding carboxylic acids is 1. The van der Waals surface area contributed by atoms with Crippen LogP contribution in [0.15, 0.2) is 34.4 Å². The third kappa shape index (κ3) is 4.60. The zero-order valence-corrected chi connectivity index (χ0v) is 12.0. The smallest absolute Gasteiger partial charge is 0.304 e. The zero-order valence-electron chi connectivity index (χ0n) is 11.2. The van der Waals surface area contributed by atoms with Gasteiger partial charge in [0.25, 0.3) is 5.91 Å². The molecule has 1 aromatic carbocycles. The van der Waals surface area contributed by atoms with Crippen molar-refractivity contribution in [2.45, 2.75) is 13.0 Å². The molecule has 1 amide bonds. The van der Waals surface area contributed by atoms with Gasteiger partial charge < -0.3 is 15.4 Å². The van der Waals surface area contributed by atoms with Crippen molar-refractivity contribution >= 4 is 17.2 Å². The van der Waals surface area contributed by atoms with Crippen LogP contribution in [0.4, 0.5) is 0 Å². The normalized spacial score (nSPS) is 9.76. The number of aromatic nitrogens is 1. The molecule has 0 saturated carbocycles. The van der Waals surface area contributed by atoms with E-state index in [0.29, 0.717) is 17.7 Å². The van der Waals surface area contributed by atoms with Crippen LogP contribution in [0.2, 0.25) is 0 Å². The first-order chi connectivity index (χ1) is 10.2. The van der Waals surface area contributed by atoms with Crippen LogP contribution < -0.4 is 10.2 Å². The Balaban J connectivity index is 2.00. The molecule has 2 aromatic rings. The van der Waals surface area contributed by atoms with Crippen molar-refractivity contribution in [3.8, 4) is 11.8 Å². The van der Waals surface area contributed by atoms with E-state index in [0.717, 1.165) is 16.9 Å². The summed E-state index contributed by atoms with van der Waals surface area (Å²) in [4.78, 5) is 25.5. The predicted octanol–water partition coefficient (Wildman–Crippen LogP) is 1.10. The number of hydrogen-bond donors (Lipinski definition) is 3. The first-order valence-corrected chi connectivity index (χ1v) is 7.21. The number of thiazole rings is 1. The summed E-state index contributed by atoms with van der Waals surface area (Å²) in [5.41, 5.74) is 1.90. The fraction of sp³-hybridized carbons (Fsp3) is 0.200. The van der Waals surface area contributed by atoms with E-state index in [-0.39, 0.29) is 23.9 Å². The highest BCUT2D eigenvalue weighted by Gasteiger charge is 2.06. The van der Waals surface area contributed by atoms with Gasteiger partial charge in [-0.05, 0) is 18.2 Å². The maximum absolute atomic E-state index is 12.0. The highest BCUT2D eigenvalue weighted by Crippen LogP contribution is 2.05. The van der Waals surface area contributed by atoms with E-state index in [1.165, 1.54) is 0 Å². The van der Waals surface area contributed by atoms with Gasteiger partial charge in [-0.3, -0.25) is 9.59 Å². The summed E-state index contributed by atoms with van der Waals surface area (Å²) in [5, 5.41) is 13.1. The van der Waals surface area contributed by atoms with Crippen molar-refractivity contribution in [1.82, 2.24) is 10.3 Å². The molecule has 108 valence electrons. The second-order valence-corrected chi connectivity index (χ2v) is 5.05. The van der Waals surface area contributed by atoms with Gasteiger partial charge in [-0.15, -0.1) is 0 Å². The van der Waals surface area contributed by atoms with Crippen LogP contribution in [0.1, 0.15) is 28.0 Å². The van der Waals surface area contributed by atoms with E-state index in [1.54, 1.807) is 29.6 Å². The number of aliphatic hydroxyl groups excluding tert-OH is 1. The second kappa shape index (κ2) is 7.43. The fourth-order valence-electron chi connectivity index (χ4n) is 1.64. The molecule has 0 aliphatic carbocycles. The molecular weight excluding hydrogens is 288 g/mol. The Labute approximate surface area is 125 Å². The van der Waals surface area contributed by atoms with Crippen LogP contribution in [0.25, 0.3) is 0 Å². The summed E-state index contributed by atoms with van der Waals surface area (Å²) >= 11 is 1.06. The molecule has 0 aliphatic rings. The van der Waals surface area contributed by atoms with Gasteiger partial charge in [-0.25, -0.2) is 0 Å². The molecule has 0 bridgehead atoms. The fourth-order valence-corrected chi connectivity index (χ4v) is 2.22. The lowest BCUT2D eigenvalue weighted by molar-refractivity contribution is 0.0950. The summed E-state index contributed by atoms with van der Waals surface area (Å²) in [6.45, 7) is 0.296. The Morgan fingerprint density at radius 3 is 3.00 bits per heavy atom. The monoisotopic (exact) mass is 302 g/mol. The van der Waals surface area contributed by atoms with Crippen molar-refractivity contribution < 1.29 is 9.90 Å². The maximum Gasteiger partial charge on any atom is 0.304 e. The summed E-state index contributed by atoms with van der Waals surface area (Å²) in [5.74, 6) is 5.46. The van der Waals surface area contributed by atoms with Gasteiger partial charge in [-0.2, -0.15) is 0 Å². The molecule has 0 atom stereocenters. The van der Waals surface area contributed by atoms with Gasteiger partial charge in [0.15, 0.2) is 0 Å². The van der Waals surface area contributed by atoms with Gasteiger partial charge in [0.2, 0.25) is 0 Å². The molecule has 3 N–H and O–H groups in total. The summed E-state index contributed by atoms with van der Waals surface area (Å²) < 4.78 is 0. The Kier molecular flexibility index (Phi) is 5.32. The molecule has 0 saturated heterocycles. The highest BCUT2D eigenvalue weighted by atomic mass is 32.1. The van der Waals surface area contributed by atoms with Crippen LogP contribution in [-0.4, -0.2) is 22.6 Å². The quantitative estimate of drug-likeness (QED) is 0.740. The molecule has 21 heavy (non-hydrogen) atoms. The average molecular weight is 302 g/mol. The van der Waals surface area contributed by atoms with E-state index in [2.05, 4.69) is 22.1 Å². The van der Waals surface area contributed by atoms with Crippen molar-refractivity contribution in [3.05, 3.63) is 56.1 Å². The van der Waals surface area contributed by atoms with E-state index in [9.17, 15) is 9.59 Å². The lowest BCUT2D eigenvalue weighted by Gasteiger charge is -2.04. The molecule has 0 radical (unpaired) electrons. The number of benzene rings is 1. The Hall–Kier alpha value is -2.36. The molecule has 0 unspecified atom stereocenters. The molecular formula is C15H14N2O3S. The molecule has 0 spiro atoms. The zero-order chi connectivity index (χ0) is 15.1. The summed E-state index contributed by atoms with van der Waals surface area (Å²) in [6.07, 6.45) is 0.405. The molecule has 0 fully saturated rings. The molecule has 0 aliphatic heterocycles. The number of carbonyl (C=O) groups is 1.